The van der Waals surface area contributed by atoms with Crippen LogP contribution in [0.2, 0.25) is 0 Å². The number of carboxylic acids is 1. The van der Waals surface area contributed by atoms with E-state index in [2.05, 4.69) is 10.1 Å². The van der Waals surface area contributed by atoms with Crippen LogP contribution in [0, 0.1) is 6.92 Å². The summed E-state index contributed by atoms with van der Waals surface area (Å²) in [6.07, 6.45) is 2.94. The number of hydrogen-bond acceptors (Lipinski definition) is 4. The molecule has 6 heteroatoms. The van der Waals surface area contributed by atoms with Crippen LogP contribution >= 0.6 is 11.3 Å². The summed E-state index contributed by atoms with van der Waals surface area (Å²) < 4.78 is 1.57. The van der Waals surface area contributed by atoms with E-state index >= 15 is 0 Å². The van der Waals surface area contributed by atoms with Gasteiger partial charge in [0.25, 0.3) is 0 Å². The zero-order chi connectivity index (χ0) is 12.7. The van der Waals surface area contributed by atoms with Crippen molar-refractivity contribution in [2.75, 3.05) is 0 Å². The molecule has 0 fully saturated rings. The molecule has 0 saturated heterocycles. The van der Waals surface area contributed by atoms with Gasteiger partial charge in [-0.05, 0) is 30.0 Å². The first-order chi connectivity index (χ1) is 8.68. The van der Waals surface area contributed by atoms with Crippen LogP contribution in [0.15, 0.2) is 29.9 Å². The first kappa shape index (κ1) is 10.9. The number of aromatic nitrogens is 3. The summed E-state index contributed by atoms with van der Waals surface area (Å²) in [5.41, 5.74) is 2.48. The third-order valence-corrected chi connectivity index (χ3v) is 3.77. The molecule has 3 heterocycles. The minimum Gasteiger partial charge on any atom is -0.477 e. The van der Waals surface area contributed by atoms with E-state index in [1.807, 2.05) is 24.4 Å². The van der Waals surface area contributed by atoms with Crippen molar-refractivity contribution in [3.63, 3.8) is 0 Å². The molecule has 3 rings (SSSR count). The maximum absolute atomic E-state index is 11.1. The summed E-state index contributed by atoms with van der Waals surface area (Å²) in [5.74, 6) is -1.02. The number of fused-ring (bicyclic) bond motifs is 1. The van der Waals surface area contributed by atoms with Gasteiger partial charge in [-0.25, -0.2) is 14.3 Å². The second-order valence-electron chi connectivity index (χ2n) is 3.86. The van der Waals surface area contributed by atoms with Gasteiger partial charge in [0.1, 0.15) is 5.56 Å². The Morgan fingerprint density at radius 2 is 2.28 bits per heavy atom. The van der Waals surface area contributed by atoms with Crippen LogP contribution in [0.25, 0.3) is 16.2 Å². The molecule has 0 radical (unpaired) electrons. The zero-order valence-corrected chi connectivity index (χ0v) is 10.3. The maximum atomic E-state index is 11.1. The normalized spacial score (nSPS) is 10.9. The molecule has 18 heavy (non-hydrogen) atoms. The average molecular weight is 259 g/mol. The smallest absolute Gasteiger partial charge is 0.341 e. The topological polar surface area (TPSA) is 67.5 Å². The van der Waals surface area contributed by atoms with Gasteiger partial charge in [0.2, 0.25) is 0 Å². The van der Waals surface area contributed by atoms with Gasteiger partial charge in [-0.2, -0.15) is 5.10 Å². The van der Waals surface area contributed by atoms with Crippen LogP contribution in [0.5, 0.6) is 0 Å². The van der Waals surface area contributed by atoms with Crippen molar-refractivity contribution in [2.24, 2.45) is 0 Å². The van der Waals surface area contributed by atoms with Gasteiger partial charge in [-0.15, -0.1) is 11.3 Å². The summed E-state index contributed by atoms with van der Waals surface area (Å²) in [5, 5.41) is 15.2. The van der Waals surface area contributed by atoms with Gasteiger partial charge >= 0.3 is 5.97 Å². The molecule has 0 bridgehead atoms. The molecule has 0 spiro atoms. The lowest BCUT2D eigenvalue weighted by atomic mass is 10.2. The van der Waals surface area contributed by atoms with Crippen LogP contribution in [0.4, 0.5) is 0 Å². The summed E-state index contributed by atoms with van der Waals surface area (Å²) in [7, 11) is 0. The Morgan fingerprint density at radius 3 is 2.94 bits per heavy atom. The van der Waals surface area contributed by atoms with Gasteiger partial charge in [-0.3, -0.25) is 0 Å². The molecule has 3 aromatic heterocycles. The molecule has 3 aromatic rings. The average Bonchev–Trinajstić information content (AvgIpc) is 2.94. The second-order valence-corrected chi connectivity index (χ2v) is 4.78. The predicted octanol–water partition coefficient (Wildman–Crippen LogP) is 2.46. The Labute approximate surface area is 106 Å². The van der Waals surface area contributed by atoms with Gasteiger partial charge < -0.3 is 5.11 Å². The molecule has 0 aliphatic rings. The first-order valence-corrected chi connectivity index (χ1v) is 6.17. The van der Waals surface area contributed by atoms with Crippen LogP contribution < -0.4 is 0 Å². The molecule has 90 valence electrons. The van der Waals surface area contributed by atoms with Gasteiger partial charge in [-0.1, -0.05) is 0 Å². The lowest BCUT2D eigenvalue weighted by molar-refractivity contribution is 0.0699. The van der Waals surface area contributed by atoms with E-state index in [1.165, 1.54) is 6.20 Å². The van der Waals surface area contributed by atoms with Crippen LogP contribution in [0.1, 0.15) is 15.9 Å². The molecule has 5 nitrogen and oxygen atoms in total. The Bertz CT molecular complexity index is 745. The minimum absolute atomic E-state index is 0.117. The maximum Gasteiger partial charge on any atom is 0.341 e. The number of carbonyl (C=O) groups is 1. The number of nitrogens with zero attached hydrogens (tertiary/aromatic N) is 3. The quantitative estimate of drug-likeness (QED) is 0.767. The lowest BCUT2D eigenvalue weighted by Crippen LogP contribution is -1.99. The summed E-state index contributed by atoms with van der Waals surface area (Å²) in [6, 6.07) is 3.86. The van der Waals surface area contributed by atoms with E-state index in [9.17, 15) is 4.79 Å². The first-order valence-electron chi connectivity index (χ1n) is 5.29. The summed E-state index contributed by atoms with van der Waals surface area (Å²) in [4.78, 5) is 16.2. The minimum atomic E-state index is -1.02. The highest BCUT2D eigenvalue weighted by Gasteiger charge is 2.16. The lowest BCUT2D eigenvalue weighted by Gasteiger charge is -2.03. The summed E-state index contributed by atoms with van der Waals surface area (Å²) >= 11 is 1.60. The fourth-order valence-electron chi connectivity index (χ4n) is 1.85. The van der Waals surface area contributed by atoms with Gasteiger partial charge in [0.15, 0.2) is 5.65 Å². The van der Waals surface area contributed by atoms with Crippen LogP contribution in [0.3, 0.4) is 0 Å². The molecule has 1 N–H and O–H groups in total. The zero-order valence-electron chi connectivity index (χ0n) is 9.49. The van der Waals surface area contributed by atoms with Crippen molar-refractivity contribution in [3.8, 4) is 10.6 Å². The second kappa shape index (κ2) is 3.92. The third-order valence-electron chi connectivity index (χ3n) is 2.73. The fraction of sp³-hybridized carbons (Fsp3) is 0.0833. The van der Waals surface area contributed by atoms with Crippen molar-refractivity contribution in [3.05, 3.63) is 41.0 Å². The molecule has 0 unspecified atom stereocenters. The van der Waals surface area contributed by atoms with Gasteiger partial charge in [0, 0.05) is 6.20 Å². The highest BCUT2D eigenvalue weighted by molar-refractivity contribution is 7.13. The number of rotatable bonds is 2. The standard InChI is InChI=1S/C12H9N3O2S/c1-7-3-5-18-10(7)9-2-4-13-11-8(12(16)17)6-14-15(9)11/h2-6H,1H3,(H,16,17). The SMILES string of the molecule is Cc1ccsc1-c1ccnc2c(C(=O)O)cnn12. The van der Waals surface area contributed by atoms with E-state index in [1.54, 1.807) is 22.0 Å². The predicted molar refractivity (Wildman–Crippen MR) is 68.0 cm³/mol. The number of aromatic carboxylic acids is 1. The molecule has 0 saturated carbocycles. The highest BCUT2D eigenvalue weighted by atomic mass is 32.1. The highest BCUT2D eigenvalue weighted by Crippen LogP contribution is 2.29. The van der Waals surface area contributed by atoms with E-state index in [4.69, 9.17) is 5.11 Å². The molecule has 0 aliphatic heterocycles. The van der Waals surface area contributed by atoms with Crippen LogP contribution in [-0.4, -0.2) is 25.7 Å². The van der Waals surface area contributed by atoms with Gasteiger partial charge in [0.05, 0.1) is 16.8 Å². The molecular formula is C12H9N3O2S. The molecule has 0 aliphatic carbocycles. The number of hydrogen-bond donors (Lipinski definition) is 1. The largest absolute Gasteiger partial charge is 0.477 e. The summed E-state index contributed by atoms with van der Waals surface area (Å²) in [6.45, 7) is 2.01. The van der Waals surface area contributed by atoms with Crippen molar-refractivity contribution in [1.82, 2.24) is 14.6 Å². The van der Waals surface area contributed by atoms with Crippen LogP contribution in [-0.2, 0) is 0 Å². The van der Waals surface area contributed by atoms with Crippen molar-refractivity contribution < 1.29 is 9.90 Å². The monoisotopic (exact) mass is 259 g/mol. The van der Waals surface area contributed by atoms with Crippen molar-refractivity contribution in [1.29, 1.82) is 0 Å². The number of thiophene rings is 1. The Balaban J connectivity index is 2.32. The number of carboxylic acid groups (broad SMARTS) is 1. The number of aryl methyl sites for hydroxylation is 1. The van der Waals surface area contributed by atoms with Crippen molar-refractivity contribution >= 4 is 23.0 Å². The molecule has 0 atom stereocenters. The van der Waals surface area contributed by atoms with E-state index in [0.29, 0.717) is 5.65 Å². The Hall–Kier alpha value is -2.21. The molecule has 0 amide bonds. The Morgan fingerprint density at radius 1 is 1.44 bits per heavy atom. The van der Waals surface area contributed by atoms with Crippen molar-refractivity contribution in [2.45, 2.75) is 6.92 Å². The van der Waals surface area contributed by atoms with E-state index in [0.717, 1.165) is 16.1 Å². The molecule has 0 aromatic carbocycles. The molecular weight excluding hydrogens is 250 g/mol. The van der Waals surface area contributed by atoms with E-state index in [-0.39, 0.29) is 5.56 Å². The fourth-order valence-corrected chi connectivity index (χ4v) is 2.79. The Kier molecular flexibility index (Phi) is 2.38. The van der Waals surface area contributed by atoms with E-state index < -0.39 is 5.97 Å². The third kappa shape index (κ3) is 1.50.